The van der Waals surface area contributed by atoms with Gasteiger partial charge in [-0.1, -0.05) is 23.7 Å². The van der Waals surface area contributed by atoms with Gasteiger partial charge in [-0.3, -0.25) is 4.79 Å². The second-order valence-corrected chi connectivity index (χ2v) is 5.78. The average molecular weight is 348 g/mol. The fourth-order valence-electron chi connectivity index (χ4n) is 2.43. The number of halogens is 1. The Morgan fingerprint density at radius 1 is 1.25 bits per heavy atom. The number of nitrogens with one attached hydrogen (secondary N) is 1. The number of methoxy groups -OCH3 is 1. The van der Waals surface area contributed by atoms with E-state index in [4.69, 9.17) is 25.8 Å². The van der Waals surface area contributed by atoms with E-state index in [9.17, 15) is 4.79 Å². The number of rotatable bonds is 4. The summed E-state index contributed by atoms with van der Waals surface area (Å²) < 4.78 is 16.3. The molecular formula is C18H18ClNO4. The van der Waals surface area contributed by atoms with Crippen LogP contribution in [0.15, 0.2) is 36.4 Å². The highest BCUT2D eigenvalue weighted by Crippen LogP contribution is 2.37. The Kier molecular flexibility index (Phi) is 5.11. The number of hydrogen-bond acceptors (Lipinski definition) is 4. The van der Waals surface area contributed by atoms with Crippen molar-refractivity contribution < 1.29 is 19.0 Å². The van der Waals surface area contributed by atoms with Gasteiger partial charge in [-0.05, 0) is 29.8 Å². The van der Waals surface area contributed by atoms with Crippen LogP contribution >= 0.6 is 11.6 Å². The third kappa shape index (κ3) is 3.74. The predicted molar refractivity (Wildman–Crippen MR) is 91.2 cm³/mol. The van der Waals surface area contributed by atoms with Gasteiger partial charge < -0.3 is 19.5 Å². The summed E-state index contributed by atoms with van der Waals surface area (Å²) in [7, 11) is 1.61. The minimum absolute atomic E-state index is 0.227. The van der Waals surface area contributed by atoms with E-state index in [2.05, 4.69) is 5.32 Å². The molecule has 2 aromatic rings. The molecule has 24 heavy (non-hydrogen) atoms. The first-order chi connectivity index (χ1) is 11.7. The first-order valence-electron chi connectivity index (χ1n) is 7.67. The molecule has 0 radical (unpaired) electrons. The fraction of sp³-hybridized carbons (Fsp3) is 0.278. The zero-order valence-corrected chi connectivity index (χ0v) is 14.1. The van der Waals surface area contributed by atoms with Crippen LogP contribution in [-0.2, 0) is 6.54 Å². The summed E-state index contributed by atoms with van der Waals surface area (Å²) in [6, 6.07) is 10.8. The maximum atomic E-state index is 12.4. The molecule has 126 valence electrons. The molecule has 1 aliphatic rings. The van der Waals surface area contributed by atoms with Crippen molar-refractivity contribution in [3.63, 3.8) is 0 Å². The van der Waals surface area contributed by atoms with Crippen molar-refractivity contribution in [1.29, 1.82) is 0 Å². The Hall–Kier alpha value is -2.40. The van der Waals surface area contributed by atoms with Gasteiger partial charge in [-0.15, -0.1) is 0 Å². The number of amides is 1. The molecule has 6 heteroatoms. The molecule has 0 aromatic heterocycles. The van der Waals surface area contributed by atoms with E-state index < -0.39 is 0 Å². The largest absolute Gasteiger partial charge is 0.497 e. The number of hydrogen-bond donors (Lipinski definition) is 1. The van der Waals surface area contributed by atoms with Gasteiger partial charge >= 0.3 is 0 Å². The van der Waals surface area contributed by atoms with Gasteiger partial charge in [0.05, 0.1) is 25.3 Å². The van der Waals surface area contributed by atoms with E-state index in [1.165, 1.54) is 0 Å². The number of carbonyl (C=O) groups is 1. The Labute approximate surface area is 145 Å². The third-order valence-electron chi connectivity index (χ3n) is 3.65. The van der Waals surface area contributed by atoms with Gasteiger partial charge in [0, 0.05) is 18.5 Å². The van der Waals surface area contributed by atoms with E-state index in [0.29, 0.717) is 41.8 Å². The Morgan fingerprint density at radius 2 is 2.08 bits per heavy atom. The van der Waals surface area contributed by atoms with E-state index in [0.717, 1.165) is 17.7 Å². The zero-order valence-electron chi connectivity index (χ0n) is 13.3. The zero-order chi connectivity index (χ0) is 16.9. The average Bonchev–Trinajstić information content (AvgIpc) is 2.85. The maximum Gasteiger partial charge on any atom is 0.251 e. The van der Waals surface area contributed by atoms with Crippen molar-refractivity contribution >= 4 is 17.5 Å². The predicted octanol–water partition coefficient (Wildman–Crippen LogP) is 3.44. The van der Waals surface area contributed by atoms with Gasteiger partial charge in [0.15, 0.2) is 11.5 Å². The molecule has 1 N–H and O–H groups in total. The van der Waals surface area contributed by atoms with Gasteiger partial charge in [-0.2, -0.15) is 0 Å². The standard InChI is InChI=1S/C18H18ClNO4/c1-22-14-5-2-4-12(8-14)11-20-18(21)13-9-15(19)17-16(10-13)23-6-3-7-24-17/h2,4-5,8-10H,3,6-7,11H2,1H3,(H,20,21). The second-order valence-electron chi connectivity index (χ2n) is 5.37. The molecule has 0 aliphatic carbocycles. The molecule has 1 amide bonds. The molecule has 0 bridgehead atoms. The lowest BCUT2D eigenvalue weighted by atomic mass is 10.1. The summed E-state index contributed by atoms with van der Waals surface area (Å²) in [6.07, 6.45) is 0.780. The molecule has 2 aromatic carbocycles. The molecule has 1 aliphatic heterocycles. The molecule has 0 atom stereocenters. The van der Waals surface area contributed by atoms with Crippen molar-refractivity contribution in [1.82, 2.24) is 5.32 Å². The molecule has 0 fully saturated rings. The van der Waals surface area contributed by atoms with Crippen LogP contribution in [-0.4, -0.2) is 26.2 Å². The SMILES string of the molecule is COc1cccc(CNC(=O)c2cc(Cl)c3c(c2)OCCCO3)c1. The van der Waals surface area contributed by atoms with Crippen molar-refractivity contribution in [2.75, 3.05) is 20.3 Å². The molecule has 0 unspecified atom stereocenters. The summed E-state index contributed by atoms with van der Waals surface area (Å²) in [5, 5.41) is 3.24. The van der Waals surface area contributed by atoms with E-state index in [1.54, 1.807) is 19.2 Å². The van der Waals surface area contributed by atoms with Crippen LogP contribution in [0.5, 0.6) is 17.2 Å². The summed E-state index contributed by atoms with van der Waals surface area (Å²) in [4.78, 5) is 12.4. The Bertz CT molecular complexity index is 748. The summed E-state index contributed by atoms with van der Waals surface area (Å²) in [5.41, 5.74) is 1.38. The third-order valence-corrected chi connectivity index (χ3v) is 3.93. The van der Waals surface area contributed by atoms with Crippen LogP contribution in [0.25, 0.3) is 0 Å². The summed E-state index contributed by atoms with van der Waals surface area (Å²) in [5.74, 6) is 1.53. The van der Waals surface area contributed by atoms with E-state index >= 15 is 0 Å². The van der Waals surface area contributed by atoms with Crippen LogP contribution < -0.4 is 19.5 Å². The van der Waals surface area contributed by atoms with Crippen LogP contribution in [0.3, 0.4) is 0 Å². The minimum Gasteiger partial charge on any atom is -0.497 e. The summed E-state index contributed by atoms with van der Waals surface area (Å²) in [6.45, 7) is 1.48. The molecule has 3 rings (SSSR count). The van der Waals surface area contributed by atoms with Gasteiger partial charge in [0.25, 0.3) is 5.91 Å². The van der Waals surface area contributed by atoms with Crippen molar-refractivity contribution in [2.24, 2.45) is 0 Å². The second kappa shape index (κ2) is 7.45. The van der Waals surface area contributed by atoms with Crippen LogP contribution in [0, 0.1) is 0 Å². The highest BCUT2D eigenvalue weighted by molar-refractivity contribution is 6.32. The number of carbonyl (C=O) groups excluding carboxylic acids is 1. The van der Waals surface area contributed by atoms with Gasteiger partial charge in [0.2, 0.25) is 0 Å². The highest BCUT2D eigenvalue weighted by Gasteiger charge is 2.18. The first-order valence-corrected chi connectivity index (χ1v) is 8.05. The van der Waals surface area contributed by atoms with Crippen molar-refractivity contribution in [3.05, 3.63) is 52.5 Å². The smallest absolute Gasteiger partial charge is 0.251 e. The topological polar surface area (TPSA) is 56.8 Å². The number of fused-ring (bicyclic) bond motifs is 1. The minimum atomic E-state index is -0.227. The normalized spacial score (nSPS) is 13.1. The van der Waals surface area contributed by atoms with Crippen LogP contribution in [0.1, 0.15) is 22.3 Å². The lowest BCUT2D eigenvalue weighted by Crippen LogP contribution is -2.22. The Morgan fingerprint density at radius 3 is 2.92 bits per heavy atom. The van der Waals surface area contributed by atoms with E-state index in [1.807, 2.05) is 24.3 Å². The monoisotopic (exact) mass is 347 g/mol. The highest BCUT2D eigenvalue weighted by atomic mass is 35.5. The number of ether oxygens (including phenoxy) is 3. The molecule has 5 nitrogen and oxygen atoms in total. The summed E-state index contributed by atoms with van der Waals surface area (Å²) >= 11 is 6.22. The van der Waals surface area contributed by atoms with Gasteiger partial charge in [-0.25, -0.2) is 0 Å². The van der Waals surface area contributed by atoms with Crippen molar-refractivity contribution in [3.8, 4) is 17.2 Å². The molecular weight excluding hydrogens is 330 g/mol. The van der Waals surface area contributed by atoms with Crippen LogP contribution in [0.4, 0.5) is 0 Å². The fourth-order valence-corrected chi connectivity index (χ4v) is 2.69. The van der Waals surface area contributed by atoms with E-state index in [-0.39, 0.29) is 5.91 Å². The number of benzene rings is 2. The van der Waals surface area contributed by atoms with Crippen LogP contribution in [0.2, 0.25) is 5.02 Å². The molecule has 1 heterocycles. The first kappa shape index (κ1) is 16.5. The quantitative estimate of drug-likeness (QED) is 0.920. The Balaban J connectivity index is 1.73. The molecule has 0 saturated heterocycles. The van der Waals surface area contributed by atoms with Gasteiger partial charge in [0.1, 0.15) is 5.75 Å². The lowest BCUT2D eigenvalue weighted by Gasteiger charge is -2.12. The van der Waals surface area contributed by atoms with Crippen molar-refractivity contribution in [2.45, 2.75) is 13.0 Å². The molecule has 0 saturated carbocycles. The molecule has 0 spiro atoms. The lowest BCUT2D eigenvalue weighted by molar-refractivity contribution is 0.0950. The maximum absolute atomic E-state index is 12.4.